The first-order valence-corrected chi connectivity index (χ1v) is 5.94. The Labute approximate surface area is 97.3 Å². The molecule has 0 aliphatic heterocycles. The fourth-order valence-corrected chi connectivity index (χ4v) is 2.02. The number of thiazole rings is 1. The van der Waals surface area contributed by atoms with Gasteiger partial charge >= 0.3 is 5.97 Å². The highest BCUT2D eigenvalue weighted by molar-refractivity contribution is 7.14. The van der Waals surface area contributed by atoms with Crippen molar-refractivity contribution in [2.24, 2.45) is 5.92 Å². The van der Waals surface area contributed by atoms with Crippen molar-refractivity contribution in [3.63, 3.8) is 0 Å². The van der Waals surface area contributed by atoms with E-state index in [0.29, 0.717) is 11.7 Å². The van der Waals surface area contributed by atoms with Crippen LogP contribution in [0.5, 0.6) is 0 Å². The molecule has 0 spiro atoms. The van der Waals surface area contributed by atoms with Crippen molar-refractivity contribution in [2.45, 2.75) is 19.8 Å². The van der Waals surface area contributed by atoms with Crippen LogP contribution in [0, 0.1) is 5.92 Å². The molecule has 6 heteroatoms. The first-order chi connectivity index (χ1) is 7.11. The van der Waals surface area contributed by atoms with Gasteiger partial charge in [-0.3, -0.25) is 4.79 Å². The molecule has 0 amide bonds. The minimum Gasteiger partial charge on any atom is -0.481 e. The third-order valence-electron chi connectivity index (χ3n) is 2.06. The van der Waals surface area contributed by atoms with E-state index in [-0.39, 0.29) is 12.3 Å². The second-order valence-electron chi connectivity index (χ2n) is 3.23. The number of rotatable bonds is 6. The summed E-state index contributed by atoms with van der Waals surface area (Å²) in [6.07, 6.45) is 1.01. The van der Waals surface area contributed by atoms with Crippen LogP contribution in [0.15, 0.2) is 5.38 Å². The van der Waals surface area contributed by atoms with Crippen molar-refractivity contribution in [1.29, 1.82) is 0 Å². The Morgan fingerprint density at radius 3 is 3.00 bits per heavy atom. The van der Waals surface area contributed by atoms with Gasteiger partial charge in [-0.1, -0.05) is 24.9 Å². The minimum absolute atomic E-state index is 0.130. The van der Waals surface area contributed by atoms with Crippen molar-refractivity contribution in [3.05, 3.63) is 10.5 Å². The standard InChI is InChI=1S/C9H13ClN2O2S/c1-2-6(3-8(13)14)4-11-9-12-7(10)5-15-9/h5-6H,2-4H2,1H3,(H,11,12)(H,13,14). The molecule has 1 heterocycles. The molecule has 1 atom stereocenters. The SMILES string of the molecule is CCC(CNc1nc(Cl)cs1)CC(=O)O. The van der Waals surface area contributed by atoms with Crippen LogP contribution in [0.25, 0.3) is 0 Å². The number of hydrogen-bond acceptors (Lipinski definition) is 4. The minimum atomic E-state index is -0.763. The van der Waals surface area contributed by atoms with E-state index in [1.807, 2.05) is 6.92 Å². The molecule has 2 N–H and O–H groups in total. The zero-order valence-electron chi connectivity index (χ0n) is 8.36. The Morgan fingerprint density at radius 2 is 2.53 bits per heavy atom. The van der Waals surface area contributed by atoms with Gasteiger partial charge in [-0.2, -0.15) is 0 Å². The summed E-state index contributed by atoms with van der Waals surface area (Å²) in [7, 11) is 0. The molecule has 1 rings (SSSR count). The largest absolute Gasteiger partial charge is 0.481 e. The molecule has 0 saturated carbocycles. The highest BCUT2D eigenvalue weighted by Gasteiger charge is 2.11. The van der Waals surface area contributed by atoms with Crippen LogP contribution in [0.2, 0.25) is 5.15 Å². The van der Waals surface area contributed by atoms with E-state index >= 15 is 0 Å². The average Bonchev–Trinajstić information content (AvgIpc) is 2.58. The lowest BCUT2D eigenvalue weighted by Gasteiger charge is -2.12. The van der Waals surface area contributed by atoms with Crippen molar-refractivity contribution < 1.29 is 9.90 Å². The molecule has 4 nitrogen and oxygen atoms in total. The average molecular weight is 249 g/mol. The Hall–Kier alpha value is -0.810. The van der Waals surface area contributed by atoms with Crippen LogP contribution in [0.1, 0.15) is 19.8 Å². The molecule has 0 aliphatic carbocycles. The van der Waals surface area contributed by atoms with Crippen LogP contribution >= 0.6 is 22.9 Å². The summed E-state index contributed by atoms with van der Waals surface area (Å²) in [6.45, 7) is 2.59. The zero-order valence-corrected chi connectivity index (χ0v) is 9.94. The molecule has 1 unspecified atom stereocenters. The van der Waals surface area contributed by atoms with Crippen molar-refractivity contribution in [1.82, 2.24) is 4.98 Å². The second kappa shape index (κ2) is 5.92. The zero-order chi connectivity index (χ0) is 11.3. The Balaban J connectivity index is 2.37. The van der Waals surface area contributed by atoms with Crippen LogP contribution in [-0.4, -0.2) is 22.6 Å². The Morgan fingerprint density at radius 1 is 1.80 bits per heavy atom. The summed E-state index contributed by atoms with van der Waals surface area (Å²) in [6, 6.07) is 0. The quantitative estimate of drug-likeness (QED) is 0.813. The van der Waals surface area contributed by atoms with E-state index in [4.69, 9.17) is 16.7 Å². The summed E-state index contributed by atoms with van der Waals surface area (Å²) >= 11 is 7.08. The van der Waals surface area contributed by atoms with E-state index < -0.39 is 5.97 Å². The summed E-state index contributed by atoms with van der Waals surface area (Å²) in [5.41, 5.74) is 0. The normalized spacial score (nSPS) is 12.4. The molecular formula is C9H13ClN2O2S. The fourth-order valence-electron chi connectivity index (χ4n) is 1.17. The van der Waals surface area contributed by atoms with Gasteiger partial charge in [-0.25, -0.2) is 4.98 Å². The van der Waals surface area contributed by atoms with E-state index in [9.17, 15) is 4.79 Å². The molecular weight excluding hydrogens is 236 g/mol. The maximum absolute atomic E-state index is 10.5. The Bertz CT molecular complexity index is 330. The molecule has 0 saturated heterocycles. The number of hydrogen-bond donors (Lipinski definition) is 2. The number of aliphatic carboxylic acids is 1. The van der Waals surface area contributed by atoms with Gasteiger partial charge < -0.3 is 10.4 Å². The predicted molar refractivity (Wildman–Crippen MR) is 61.6 cm³/mol. The van der Waals surface area contributed by atoms with Gasteiger partial charge in [0.05, 0.1) is 0 Å². The monoisotopic (exact) mass is 248 g/mol. The lowest BCUT2D eigenvalue weighted by molar-refractivity contribution is -0.138. The van der Waals surface area contributed by atoms with Gasteiger partial charge in [0, 0.05) is 18.3 Å². The molecule has 1 aromatic rings. The number of carbonyl (C=O) groups is 1. The van der Waals surface area contributed by atoms with E-state index in [1.54, 1.807) is 5.38 Å². The van der Waals surface area contributed by atoms with Crippen molar-refractivity contribution in [2.75, 3.05) is 11.9 Å². The van der Waals surface area contributed by atoms with Gasteiger partial charge in [0.2, 0.25) is 0 Å². The number of aromatic nitrogens is 1. The van der Waals surface area contributed by atoms with E-state index in [2.05, 4.69) is 10.3 Å². The maximum atomic E-state index is 10.5. The first-order valence-electron chi connectivity index (χ1n) is 4.68. The highest BCUT2D eigenvalue weighted by atomic mass is 35.5. The number of carboxylic acids is 1. The molecule has 1 aromatic heterocycles. The molecule has 0 aliphatic rings. The van der Waals surface area contributed by atoms with Gasteiger partial charge in [-0.15, -0.1) is 11.3 Å². The predicted octanol–water partition coefficient (Wildman–Crippen LogP) is 2.71. The molecule has 0 fully saturated rings. The second-order valence-corrected chi connectivity index (χ2v) is 4.47. The summed E-state index contributed by atoms with van der Waals surface area (Å²) in [5.74, 6) is -0.633. The van der Waals surface area contributed by atoms with Crippen molar-refractivity contribution in [3.8, 4) is 0 Å². The van der Waals surface area contributed by atoms with E-state index in [1.165, 1.54) is 11.3 Å². The number of anilines is 1. The van der Waals surface area contributed by atoms with Gasteiger partial charge in [0.1, 0.15) is 5.15 Å². The van der Waals surface area contributed by atoms with Gasteiger partial charge in [0.15, 0.2) is 5.13 Å². The number of nitrogens with zero attached hydrogens (tertiary/aromatic N) is 1. The number of carboxylic acid groups (broad SMARTS) is 1. The Kier molecular flexibility index (Phi) is 4.84. The third-order valence-corrected chi connectivity index (χ3v) is 3.18. The molecule has 0 aromatic carbocycles. The van der Waals surface area contributed by atoms with Crippen LogP contribution < -0.4 is 5.32 Å². The third kappa shape index (κ3) is 4.48. The smallest absolute Gasteiger partial charge is 0.303 e. The lowest BCUT2D eigenvalue weighted by Crippen LogP contribution is -2.17. The van der Waals surface area contributed by atoms with Crippen molar-refractivity contribution >= 4 is 34.0 Å². The first kappa shape index (κ1) is 12.3. The van der Waals surface area contributed by atoms with Gasteiger partial charge in [0.25, 0.3) is 0 Å². The van der Waals surface area contributed by atoms with Crippen LogP contribution in [-0.2, 0) is 4.79 Å². The summed E-state index contributed by atoms with van der Waals surface area (Å²) < 4.78 is 0. The maximum Gasteiger partial charge on any atom is 0.303 e. The molecule has 15 heavy (non-hydrogen) atoms. The number of halogens is 1. The van der Waals surface area contributed by atoms with Crippen LogP contribution in [0.3, 0.4) is 0 Å². The number of nitrogens with one attached hydrogen (secondary N) is 1. The molecule has 84 valence electrons. The fraction of sp³-hybridized carbons (Fsp3) is 0.556. The summed E-state index contributed by atoms with van der Waals surface area (Å²) in [4.78, 5) is 14.5. The summed E-state index contributed by atoms with van der Waals surface area (Å²) in [5, 5.41) is 14.7. The van der Waals surface area contributed by atoms with Gasteiger partial charge in [-0.05, 0) is 5.92 Å². The molecule has 0 radical (unpaired) electrons. The van der Waals surface area contributed by atoms with Crippen LogP contribution in [0.4, 0.5) is 5.13 Å². The molecule has 0 bridgehead atoms. The lowest BCUT2D eigenvalue weighted by atomic mass is 10.0. The van der Waals surface area contributed by atoms with E-state index in [0.717, 1.165) is 11.6 Å². The highest BCUT2D eigenvalue weighted by Crippen LogP contribution is 2.19. The topological polar surface area (TPSA) is 62.2 Å².